The zero-order valence-electron chi connectivity index (χ0n) is 18.5. The molecule has 0 spiro atoms. The largest absolute Gasteiger partial charge is 0.425 e. The van der Waals surface area contributed by atoms with Crippen molar-refractivity contribution in [3.05, 3.63) is 10.6 Å². The van der Waals surface area contributed by atoms with Crippen LogP contribution in [0.3, 0.4) is 0 Å². The number of carbonyl (C=O) groups is 2. The molecule has 2 unspecified atom stereocenters. The van der Waals surface area contributed by atoms with Crippen molar-refractivity contribution in [1.29, 1.82) is 0 Å². The van der Waals surface area contributed by atoms with E-state index in [-0.39, 0.29) is 12.0 Å². The van der Waals surface area contributed by atoms with Crippen molar-refractivity contribution in [1.82, 2.24) is 9.88 Å². The number of aryl methyl sites for hydroxylation is 1. The molecule has 164 valence electrons. The minimum Gasteiger partial charge on any atom is -0.425 e. The molecule has 1 amide bonds. The number of nitrogens with zero attached hydrogens (tertiary/aromatic N) is 2. The number of nitrogen functional groups attached to an aromatic ring is 1. The number of hydrogen-bond donors (Lipinski definition) is 1. The van der Waals surface area contributed by atoms with E-state index in [1.165, 1.54) is 11.3 Å². The summed E-state index contributed by atoms with van der Waals surface area (Å²) < 4.78 is 10.9. The summed E-state index contributed by atoms with van der Waals surface area (Å²) in [7, 11) is 0. The van der Waals surface area contributed by atoms with Crippen LogP contribution in [-0.2, 0) is 27.1 Å². The summed E-state index contributed by atoms with van der Waals surface area (Å²) in [5, 5.41) is 0.574. The average Bonchev–Trinajstić information content (AvgIpc) is 2.97. The van der Waals surface area contributed by atoms with E-state index in [0.29, 0.717) is 24.0 Å². The molecule has 0 saturated carbocycles. The van der Waals surface area contributed by atoms with Crippen LogP contribution in [0.25, 0.3) is 0 Å². The van der Waals surface area contributed by atoms with Gasteiger partial charge in [-0.05, 0) is 45.4 Å². The number of carbonyl (C=O) groups excluding carboxylic acids is 2. The molecular formula is C21H35N3O4S. The number of nitrogens with two attached hydrogens (primary N) is 1. The maximum Gasteiger partial charge on any atom is 0.413 e. The molecule has 2 N–H and O–H groups in total. The first kappa shape index (κ1) is 23.4. The molecule has 0 aliphatic heterocycles. The quantitative estimate of drug-likeness (QED) is 0.490. The van der Waals surface area contributed by atoms with Crippen LogP contribution in [0.2, 0.25) is 0 Å². The van der Waals surface area contributed by atoms with Gasteiger partial charge in [-0.1, -0.05) is 20.8 Å². The van der Waals surface area contributed by atoms with E-state index in [9.17, 15) is 9.59 Å². The molecule has 1 aromatic rings. The number of aromatic nitrogens is 1. The molecular weight excluding hydrogens is 390 g/mol. The fourth-order valence-electron chi connectivity index (χ4n) is 3.96. The highest BCUT2D eigenvalue weighted by Gasteiger charge is 2.34. The number of fused-ring (bicyclic) bond motifs is 1. The van der Waals surface area contributed by atoms with Crippen LogP contribution in [-0.4, -0.2) is 40.8 Å². The zero-order chi connectivity index (χ0) is 21.8. The van der Waals surface area contributed by atoms with Gasteiger partial charge >= 0.3 is 12.1 Å². The van der Waals surface area contributed by atoms with Crippen LogP contribution in [0.4, 0.5) is 9.93 Å². The number of ether oxygens (including phenoxy) is 2. The fraction of sp³-hybridized carbons (Fsp3) is 0.762. The fourth-order valence-corrected chi connectivity index (χ4v) is 4.90. The number of esters is 1. The van der Waals surface area contributed by atoms with Crippen molar-refractivity contribution in [3.8, 4) is 0 Å². The lowest BCUT2D eigenvalue weighted by Gasteiger charge is -2.34. The Morgan fingerprint density at radius 3 is 2.62 bits per heavy atom. The van der Waals surface area contributed by atoms with Crippen molar-refractivity contribution >= 4 is 28.5 Å². The van der Waals surface area contributed by atoms with Crippen molar-refractivity contribution in [2.45, 2.75) is 86.0 Å². The monoisotopic (exact) mass is 425 g/mol. The van der Waals surface area contributed by atoms with Crippen LogP contribution >= 0.6 is 11.3 Å². The van der Waals surface area contributed by atoms with E-state index in [1.54, 1.807) is 11.8 Å². The number of thiazole rings is 1. The van der Waals surface area contributed by atoms with Gasteiger partial charge in [0.25, 0.3) is 0 Å². The Labute approximate surface area is 178 Å². The van der Waals surface area contributed by atoms with Crippen molar-refractivity contribution < 1.29 is 19.1 Å². The predicted molar refractivity (Wildman–Crippen MR) is 115 cm³/mol. The maximum atomic E-state index is 12.8. The molecule has 1 aliphatic rings. The summed E-state index contributed by atoms with van der Waals surface area (Å²) in [4.78, 5) is 32.6. The second-order valence-electron chi connectivity index (χ2n) is 8.85. The summed E-state index contributed by atoms with van der Waals surface area (Å²) in [6.07, 6.45) is 2.50. The molecule has 1 aliphatic carbocycles. The van der Waals surface area contributed by atoms with Gasteiger partial charge in [-0.2, -0.15) is 0 Å². The molecule has 29 heavy (non-hydrogen) atoms. The van der Waals surface area contributed by atoms with Gasteiger partial charge in [0.1, 0.15) is 0 Å². The van der Waals surface area contributed by atoms with Crippen molar-refractivity contribution in [3.63, 3.8) is 0 Å². The molecule has 8 heteroatoms. The minimum absolute atomic E-state index is 0.0371. The third-order valence-corrected chi connectivity index (χ3v) is 6.03. The standard InChI is InChI=1S/C21H35N3O4S/c1-7-10-24(15-8-9-16-17(11-15)29-19(22)23-16)20(26)28-14(4)27-18(25)21(5,6)12-13(2)3/h13-15H,7-12H2,1-6H3,(H2,22,23). The van der Waals surface area contributed by atoms with Gasteiger partial charge in [0, 0.05) is 30.8 Å². The van der Waals surface area contributed by atoms with Crippen LogP contribution < -0.4 is 5.73 Å². The van der Waals surface area contributed by atoms with E-state index in [4.69, 9.17) is 15.2 Å². The second-order valence-corrected chi connectivity index (χ2v) is 9.97. The van der Waals surface area contributed by atoms with E-state index in [0.717, 1.165) is 36.3 Å². The van der Waals surface area contributed by atoms with E-state index in [2.05, 4.69) is 18.8 Å². The molecule has 1 aromatic heterocycles. The first-order chi connectivity index (χ1) is 13.5. The molecule has 0 radical (unpaired) electrons. The molecule has 2 rings (SSSR count). The Kier molecular flexibility index (Phi) is 7.91. The minimum atomic E-state index is -0.931. The lowest BCUT2D eigenvalue weighted by atomic mass is 9.84. The highest BCUT2D eigenvalue weighted by molar-refractivity contribution is 7.15. The van der Waals surface area contributed by atoms with Crippen molar-refractivity contribution in [2.24, 2.45) is 11.3 Å². The Morgan fingerprint density at radius 1 is 1.31 bits per heavy atom. The molecule has 0 fully saturated rings. The Hall–Kier alpha value is -1.83. The van der Waals surface area contributed by atoms with Gasteiger partial charge in [-0.3, -0.25) is 4.79 Å². The maximum absolute atomic E-state index is 12.8. The highest BCUT2D eigenvalue weighted by atomic mass is 32.1. The van der Waals surface area contributed by atoms with Crippen molar-refractivity contribution in [2.75, 3.05) is 12.3 Å². The Balaban J connectivity index is 1.98. The summed E-state index contributed by atoms with van der Waals surface area (Å²) in [5.41, 5.74) is 6.25. The van der Waals surface area contributed by atoms with Gasteiger partial charge < -0.3 is 20.1 Å². The lowest BCUT2D eigenvalue weighted by molar-refractivity contribution is -0.177. The molecule has 7 nitrogen and oxygen atoms in total. The average molecular weight is 426 g/mol. The number of anilines is 1. The van der Waals surface area contributed by atoms with Gasteiger partial charge in [-0.15, -0.1) is 11.3 Å². The number of hydrogen-bond acceptors (Lipinski definition) is 7. The third kappa shape index (κ3) is 6.32. The topological polar surface area (TPSA) is 94.8 Å². The first-order valence-electron chi connectivity index (χ1n) is 10.5. The normalized spacial score (nSPS) is 17.6. The zero-order valence-corrected chi connectivity index (χ0v) is 19.3. The molecule has 2 atom stereocenters. The predicted octanol–water partition coefficient (Wildman–Crippen LogP) is 4.39. The first-order valence-corrected chi connectivity index (χ1v) is 11.3. The van der Waals surface area contributed by atoms with Crippen LogP contribution in [0.5, 0.6) is 0 Å². The summed E-state index contributed by atoms with van der Waals surface area (Å²) in [5.74, 6) is 0.0170. The second kappa shape index (κ2) is 9.78. The van der Waals surface area contributed by atoms with Gasteiger partial charge in [0.2, 0.25) is 6.29 Å². The number of rotatable bonds is 8. The molecule has 0 bridgehead atoms. The van der Waals surface area contributed by atoms with E-state index >= 15 is 0 Å². The van der Waals surface area contributed by atoms with Gasteiger partial charge in [0.15, 0.2) is 5.13 Å². The number of amides is 1. The molecule has 1 heterocycles. The SMILES string of the molecule is CCCN(C(=O)OC(C)OC(=O)C(C)(C)CC(C)C)C1CCc2nc(N)sc2C1. The molecule has 0 aromatic carbocycles. The van der Waals surface area contributed by atoms with Gasteiger partial charge in [0.05, 0.1) is 11.1 Å². The summed E-state index contributed by atoms with van der Waals surface area (Å²) in [6.45, 7) is 12.0. The third-order valence-electron chi connectivity index (χ3n) is 5.08. The van der Waals surface area contributed by atoms with E-state index in [1.807, 2.05) is 20.8 Å². The van der Waals surface area contributed by atoms with Crippen LogP contribution in [0.1, 0.15) is 71.4 Å². The van der Waals surface area contributed by atoms with E-state index < -0.39 is 17.8 Å². The summed E-state index contributed by atoms with van der Waals surface area (Å²) in [6, 6.07) is 0.0371. The van der Waals surface area contributed by atoms with Crippen LogP contribution in [0, 0.1) is 11.3 Å². The highest BCUT2D eigenvalue weighted by Crippen LogP contribution is 2.31. The molecule has 0 saturated heterocycles. The smallest absolute Gasteiger partial charge is 0.413 e. The Bertz CT molecular complexity index is 717. The Morgan fingerprint density at radius 2 is 2.00 bits per heavy atom. The van der Waals surface area contributed by atoms with Gasteiger partial charge in [-0.25, -0.2) is 9.78 Å². The summed E-state index contributed by atoms with van der Waals surface area (Å²) >= 11 is 1.49. The van der Waals surface area contributed by atoms with Crippen LogP contribution in [0.15, 0.2) is 0 Å². The lowest BCUT2D eigenvalue weighted by Crippen LogP contribution is -2.45.